The van der Waals surface area contributed by atoms with Crippen LogP contribution in [0.25, 0.3) is 0 Å². The first-order valence-corrected chi connectivity index (χ1v) is 9.07. The Bertz CT molecular complexity index is 529. The lowest BCUT2D eigenvalue weighted by molar-refractivity contribution is -0.118. The first-order chi connectivity index (χ1) is 10.6. The van der Waals surface area contributed by atoms with Crippen molar-refractivity contribution >= 4 is 16.6 Å². The van der Waals surface area contributed by atoms with Gasteiger partial charge in [-0.3, -0.25) is 9.00 Å². The van der Waals surface area contributed by atoms with Gasteiger partial charge in [-0.1, -0.05) is 42.8 Å². The molecule has 0 aliphatic rings. The SMILES string of the molecule is C=CC[C@@H](C(=O)CCC/C=C/CC)S(=O)c1ccc(C)cc1. The fraction of sp³-hybridized carbons (Fsp3) is 0.421. The molecule has 1 aromatic rings. The highest BCUT2D eigenvalue weighted by molar-refractivity contribution is 7.86. The van der Waals surface area contributed by atoms with Crippen molar-refractivity contribution < 1.29 is 9.00 Å². The van der Waals surface area contributed by atoms with E-state index in [1.165, 1.54) is 0 Å². The van der Waals surface area contributed by atoms with Gasteiger partial charge in [0.2, 0.25) is 0 Å². The molecule has 1 rings (SSSR count). The standard InChI is InChI=1S/C19H26O2S/c1-4-6-7-8-9-11-18(20)19(10-5-2)22(21)17-14-12-16(3)13-15-17/h5-7,12-15,19H,2,4,8-11H2,1,3H3/b7-6+/t19-,22?/m0/s1. The molecule has 2 nitrogen and oxygen atoms in total. The Morgan fingerprint density at radius 1 is 1.27 bits per heavy atom. The van der Waals surface area contributed by atoms with E-state index in [1.54, 1.807) is 6.08 Å². The van der Waals surface area contributed by atoms with E-state index in [9.17, 15) is 9.00 Å². The number of rotatable bonds is 10. The highest BCUT2D eigenvalue weighted by atomic mass is 32.2. The molecule has 0 saturated heterocycles. The average Bonchev–Trinajstić information content (AvgIpc) is 2.52. The molecule has 120 valence electrons. The smallest absolute Gasteiger partial charge is 0.149 e. The van der Waals surface area contributed by atoms with Crippen LogP contribution < -0.4 is 0 Å². The highest BCUT2D eigenvalue weighted by Gasteiger charge is 2.24. The summed E-state index contributed by atoms with van der Waals surface area (Å²) in [6.45, 7) is 7.77. The predicted octanol–water partition coefficient (Wildman–Crippen LogP) is 4.75. The van der Waals surface area contributed by atoms with Gasteiger partial charge in [-0.05, 0) is 44.7 Å². The maximum absolute atomic E-state index is 12.7. The van der Waals surface area contributed by atoms with E-state index in [4.69, 9.17) is 0 Å². The van der Waals surface area contributed by atoms with Crippen LogP contribution in [0.5, 0.6) is 0 Å². The molecule has 0 bridgehead atoms. The number of hydrogen-bond donors (Lipinski definition) is 0. The van der Waals surface area contributed by atoms with Crippen LogP contribution in [0.3, 0.4) is 0 Å². The van der Waals surface area contributed by atoms with Crippen LogP contribution >= 0.6 is 0 Å². The number of carbonyl (C=O) groups is 1. The molecule has 0 spiro atoms. The molecule has 0 amide bonds. The second-order valence-electron chi connectivity index (χ2n) is 5.36. The molecule has 0 fully saturated rings. The zero-order valence-corrected chi connectivity index (χ0v) is 14.4. The maximum atomic E-state index is 12.7. The molecular weight excluding hydrogens is 292 g/mol. The van der Waals surface area contributed by atoms with E-state index >= 15 is 0 Å². The number of allylic oxidation sites excluding steroid dienone is 3. The van der Waals surface area contributed by atoms with Gasteiger partial charge in [-0.2, -0.15) is 0 Å². The molecule has 1 aromatic carbocycles. The second kappa shape index (κ2) is 10.3. The summed E-state index contributed by atoms with van der Waals surface area (Å²) in [5.74, 6) is 0.0729. The molecule has 0 aromatic heterocycles. The fourth-order valence-corrected chi connectivity index (χ4v) is 3.57. The Morgan fingerprint density at radius 2 is 1.95 bits per heavy atom. The van der Waals surface area contributed by atoms with Crippen molar-refractivity contribution in [3.8, 4) is 0 Å². The van der Waals surface area contributed by atoms with Crippen molar-refractivity contribution in [1.82, 2.24) is 0 Å². The first-order valence-electron chi connectivity index (χ1n) is 7.86. The van der Waals surface area contributed by atoms with Gasteiger partial charge in [-0.15, -0.1) is 6.58 Å². The molecule has 0 aliphatic heterocycles. The Hall–Kier alpha value is -1.48. The van der Waals surface area contributed by atoms with Gasteiger partial charge in [-0.25, -0.2) is 0 Å². The minimum absolute atomic E-state index is 0.0729. The molecular formula is C19H26O2S. The van der Waals surface area contributed by atoms with E-state index < -0.39 is 16.0 Å². The van der Waals surface area contributed by atoms with Gasteiger partial charge < -0.3 is 0 Å². The van der Waals surface area contributed by atoms with Crippen LogP contribution in [0.1, 0.15) is 44.6 Å². The van der Waals surface area contributed by atoms with Crippen molar-refractivity contribution in [1.29, 1.82) is 0 Å². The summed E-state index contributed by atoms with van der Waals surface area (Å²) < 4.78 is 12.7. The summed E-state index contributed by atoms with van der Waals surface area (Å²) in [4.78, 5) is 13.1. The molecule has 2 atom stereocenters. The quantitative estimate of drug-likeness (QED) is 0.461. The number of Topliss-reactive ketones (excluding diaryl/α,β-unsaturated/α-hetero) is 1. The number of unbranched alkanes of at least 4 members (excludes halogenated alkanes) is 1. The fourth-order valence-electron chi connectivity index (χ4n) is 2.17. The van der Waals surface area contributed by atoms with Gasteiger partial charge in [0.25, 0.3) is 0 Å². The Morgan fingerprint density at radius 3 is 2.55 bits per heavy atom. The van der Waals surface area contributed by atoms with Crippen molar-refractivity contribution in [2.45, 2.75) is 56.1 Å². The van der Waals surface area contributed by atoms with Crippen LogP contribution in [0.2, 0.25) is 0 Å². The lowest BCUT2D eigenvalue weighted by atomic mass is 10.1. The molecule has 0 aliphatic carbocycles. The largest absolute Gasteiger partial charge is 0.298 e. The molecule has 3 heteroatoms. The zero-order chi connectivity index (χ0) is 16.4. The summed E-state index contributed by atoms with van der Waals surface area (Å²) in [6.07, 6.45) is 9.57. The topological polar surface area (TPSA) is 34.1 Å². The third-order valence-electron chi connectivity index (χ3n) is 3.45. The third-order valence-corrected chi connectivity index (χ3v) is 5.16. The van der Waals surface area contributed by atoms with Gasteiger partial charge >= 0.3 is 0 Å². The number of benzene rings is 1. The van der Waals surface area contributed by atoms with E-state index in [0.717, 1.165) is 29.7 Å². The molecule has 1 unspecified atom stereocenters. The molecule has 0 radical (unpaired) electrons. The van der Waals surface area contributed by atoms with Crippen LogP contribution in [0.15, 0.2) is 54.0 Å². The summed E-state index contributed by atoms with van der Waals surface area (Å²) in [6, 6.07) is 7.55. The van der Waals surface area contributed by atoms with Gasteiger partial charge in [0, 0.05) is 11.3 Å². The van der Waals surface area contributed by atoms with Crippen molar-refractivity contribution in [2.24, 2.45) is 0 Å². The Labute approximate surface area is 136 Å². The van der Waals surface area contributed by atoms with Crippen molar-refractivity contribution in [3.63, 3.8) is 0 Å². The minimum atomic E-state index is -1.31. The summed E-state index contributed by atoms with van der Waals surface area (Å²) in [7, 11) is -1.31. The van der Waals surface area contributed by atoms with Gasteiger partial charge in [0.1, 0.15) is 11.0 Å². The number of carbonyl (C=O) groups excluding carboxylic acids is 1. The highest BCUT2D eigenvalue weighted by Crippen LogP contribution is 2.18. The van der Waals surface area contributed by atoms with Crippen LogP contribution in [-0.4, -0.2) is 15.2 Å². The maximum Gasteiger partial charge on any atom is 0.149 e. The number of hydrogen-bond acceptors (Lipinski definition) is 2. The molecule has 0 heterocycles. The normalized spacial score (nSPS) is 13.9. The van der Waals surface area contributed by atoms with Crippen LogP contribution in [-0.2, 0) is 15.6 Å². The minimum Gasteiger partial charge on any atom is -0.298 e. The summed E-state index contributed by atoms with van der Waals surface area (Å²) in [5, 5.41) is -0.477. The summed E-state index contributed by atoms with van der Waals surface area (Å²) in [5.41, 5.74) is 1.12. The average molecular weight is 318 g/mol. The Balaban J connectivity index is 2.68. The first kappa shape index (κ1) is 18.6. The Kier molecular flexibility index (Phi) is 8.68. The van der Waals surface area contributed by atoms with Crippen LogP contribution in [0.4, 0.5) is 0 Å². The number of aryl methyl sites for hydroxylation is 1. The van der Waals surface area contributed by atoms with Crippen LogP contribution in [0, 0.1) is 6.92 Å². The monoisotopic (exact) mass is 318 g/mol. The molecule has 0 saturated carbocycles. The van der Waals surface area contributed by atoms with Gasteiger partial charge in [0.15, 0.2) is 0 Å². The van der Waals surface area contributed by atoms with E-state index in [2.05, 4.69) is 25.7 Å². The second-order valence-corrected chi connectivity index (χ2v) is 7.00. The lowest BCUT2D eigenvalue weighted by Crippen LogP contribution is -2.25. The third kappa shape index (κ3) is 6.10. The zero-order valence-electron chi connectivity index (χ0n) is 13.6. The molecule has 22 heavy (non-hydrogen) atoms. The van der Waals surface area contributed by atoms with Gasteiger partial charge in [0.05, 0.1) is 10.8 Å². The predicted molar refractivity (Wildman–Crippen MR) is 94.5 cm³/mol. The van der Waals surface area contributed by atoms with Crippen molar-refractivity contribution in [3.05, 3.63) is 54.6 Å². The van der Waals surface area contributed by atoms with Crippen molar-refractivity contribution in [2.75, 3.05) is 0 Å². The van der Waals surface area contributed by atoms with E-state index in [1.807, 2.05) is 31.2 Å². The lowest BCUT2D eigenvalue weighted by Gasteiger charge is -2.14. The molecule has 0 N–H and O–H groups in total. The van der Waals surface area contributed by atoms with E-state index in [-0.39, 0.29) is 5.78 Å². The number of ketones is 1. The summed E-state index contributed by atoms with van der Waals surface area (Å²) >= 11 is 0. The van der Waals surface area contributed by atoms with E-state index in [0.29, 0.717) is 12.8 Å².